The van der Waals surface area contributed by atoms with Crippen molar-refractivity contribution < 1.29 is 23.2 Å². The van der Waals surface area contributed by atoms with Crippen LogP contribution < -0.4 is 15.8 Å². The van der Waals surface area contributed by atoms with Gasteiger partial charge < -0.3 is 20.3 Å². The molecule has 0 saturated heterocycles. The second kappa shape index (κ2) is 10.4. The van der Waals surface area contributed by atoms with Crippen LogP contribution in [0, 0.1) is 25.6 Å². The zero-order chi connectivity index (χ0) is 24.9. The lowest BCUT2D eigenvalue weighted by Gasteiger charge is -2.17. The van der Waals surface area contributed by atoms with E-state index in [-0.39, 0.29) is 25.4 Å². The first-order chi connectivity index (χ1) is 16.8. The second-order valence-corrected chi connectivity index (χ2v) is 8.43. The molecule has 3 aromatic carbocycles. The molecule has 8 heteroatoms. The summed E-state index contributed by atoms with van der Waals surface area (Å²) in [6.45, 7) is 3.85. The monoisotopic (exact) mass is 475 g/mol. The van der Waals surface area contributed by atoms with Gasteiger partial charge in [-0.3, -0.25) is 9.59 Å². The molecule has 0 saturated carbocycles. The van der Waals surface area contributed by atoms with Crippen LogP contribution in [0.1, 0.15) is 32.9 Å². The number of hydrogen-bond donors (Lipinski definition) is 2. The summed E-state index contributed by atoms with van der Waals surface area (Å²) in [6.07, 6.45) is 0.281. The number of rotatable bonds is 9. The van der Waals surface area contributed by atoms with Gasteiger partial charge in [-0.2, -0.15) is 0 Å². The average Bonchev–Trinajstić information content (AvgIpc) is 3.17. The Morgan fingerprint density at radius 3 is 2.40 bits per heavy atom. The number of carbonyl (C=O) groups is 2. The van der Waals surface area contributed by atoms with Crippen molar-refractivity contribution >= 4 is 22.6 Å². The smallest absolute Gasteiger partial charge is 0.255 e. The van der Waals surface area contributed by atoms with Gasteiger partial charge in [-0.05, 0) is 60.9 Å². The number of benzene rings is 3. The maximum Gasteiger partial charge on any atom is 0.255 e. The Hall–Kier alpha value is -4.20. The zero-order valence-electron chi connectivity index (χ0n) is 19.5. The van der Waals surface area contributed by atoms with Crippen LogP contribution in [0.5, 0.6) is 5.75 Å². The van der Waals surface area contributed by atoms with Crippen molar-refractivity contribution in [3.8, 4) is 5.75 Å². The molecular formula is C27H26FN3O4. The van der Waals surface area contributed by atoms with Crippen molar-refractivity contribution in [2.45, 2.75) is 26.9 Å². The largest absolute Gasteiger partial charge is 0.488 e. The standard InChI is InChI=1S/C27H26FN3O4/c1-16-24(17(2)35-31-16)15-34-25-13-20-6-4-3-5-19(20)12-23(25)27(33)30-14-21(26(29)32)11-18-7-9-22(28)10-8-18/h3-10,12-13,21H,11,14-15H2,1-2H3,(H2,29,32)(H,30,33). The molecule has 3 N–H and O–H groups in total. The second-order valence-electron chi connectivity index (χ2n) is 8.43. The number of carbonyl (C=O) groups excluding carboxylic acids is 2. The molecule has 7 nitrogen and oxygen atoms in total. The number of nitrogens with one attached hydrogen (secondary N) is 1. The van der Waals surface area contributed by atoms with E-state index in [0.717, 1.165) is 27.6 Å². The number of aryl methyl sites for hydroxylation is 2. The molecule has 0 bridgehead atoms. The van der Waals surface area contributed by atoms with E-state index >= 15 is 0 Å². The Morgan fingerprint density at radius 1 is 1.09 bits per heavy atom. The molecule has 4 rings (SSSR count). The van der Waals surface area contributed by atoms with Gasteiger partial charge in [0.25, 0.3) is 5.91 Å². The molecule has 0 radical (unpaired) electrons. The van der Waals surface area contributed by atoms with Crippen molar-refractivity contribution in [1.82, 2.24) is 10.5 Å². The molecule has 0 aliphatic heterocycles. The van der Waals surface area contributed by atoms with E-state index in [1.54, 1.807) is 25.1 Å². The first-order valence-electron chi connectivity index (χ1n) is 11.2. The highest BCUT2D eigenvalue weighted by Gasteiger charge is 2.21. The highest BCUT2D eigenvalue weighted by atomic mass is 19.1. The van der Waals surface area contributed by atoms with E-state index in [0.29, 0.717) is 17.1 Å². The van der Waals surface area contributed by atoms with Gasteiger partial charge in [-0.25, -0.2) is 4.39 Å². The van der Waals surface area contributed by atoms with Crippen molar-refractivity contribution in [3.05, 3.63) is 94.6 Å². The molecule has 0 spiro atoms. The maximum absolute atomic E-state index is 13.2. The molecular weight excluding hydrogens is 449 g/mol. The molecule has 0 fully saturated rings. The molecule has 2 amide bonds. The first kappa shape index (κ1) is 23.9. The Labute approximate surface area is 202 Å². The maximum atomic E-state index is 13.2. The third-order valence-electron chi connectivity index (χ3n) is 5.95. The Bertz CT molecular complexity index is 1350. The quantitative estimate of drug-likeness (QED) is 0.377. The minimum absolute atomic E-state index is 0.0294. The van der Waals surface area contributed by atoms with Crippen molar-refractivity contribution in [1.29, 1.82) is 0 Å². The SMILES string of the molecule is Cc1noc(C)c1COc1cc2ccccc2cc1C(=O)NCC(Cc1ccc(F)cc1)C(N)=O. The van der Waals surface area contributed by atoms with E-state index < -0.39 is 17.7 Å². The van der Waals surface area contributed by atoms with E-state index in [1.165, 1.54) is 12.1 Å². The summed E-state index contributed by atoms with van der Waals surface area (Å²) in [5.41, 5.74) is 8.19. The lowest BCUT2D eigenvalue weighted by molar-refractivity contribution is -0.121. The number of nitrogens with two attached hydrogens (primary N) is 1. The zero-order valence-corrected chi connectivity index (χ0v) is 19.5. The van der Waals surface area contributed by atoms with E-state index in [1.807, 2.05) is 37.3 Å². The summed E-state index contributed by atoms with van der Waals surface area (Å²) in [6, 6.07) is 17.0. The minimum Gasteiger partial charge on any atom is -0.488 e. The summed E-state index contributed by atoms with van der Waals surface area (Å²) >= 11 is 0. The van der Waals surface area contributed by atoms with Gasteiger partial charge in [0.15, 0.2) is 0 Å². The molecule has 1 unspecified atom stereocenters. The third kappa shape index (κ3) is 5.66. The number of ether oxygens (including phenoxy) is 1. The molecule has 1 aromatic heterocycles. The molecule has 0 aliphatic carbocycles. The average molecular weight is 476 g/mol. The number of fused-ring (bicyclic) bond motifs is 1. The van der Waals surface area contributed by atoms with Crippen molar-refractivity contribution in [2.24, 2.45) is 11.7 Å². The number of nitrogens with zero attached hydrogens (tertiary/aromatic N) is 1. The summed E-state index contributed by atoms with van der Waals surface area (Å²) in [4.78, 5) is 25.2. The fourth-order valence-corrected chi connectivity index (χ4v) is 3.86. The van der Waals surface area contributed by atoms with Crippen LogP contribution in [-0.2, 0) is 17.8 Å². The van der Waals surface area contributed by atoms with Gasteiger partial charge in [-0.15, -0.1) is 0 Å². The highest BCUT2D eigenvalue weighted by Crippen LogP contribution is 2.28. The number of halogens is 1. The Balaban J connectivity index is 1.54. The highest BCUT2D eigenvalue weighted by molar-refractivity contribution is 6.01. The summed E-state index contributed by atoms with van der Waals surface area (Å²) in [5, 5.41) is 8.55. The van der Waals surface area contributed by atoms with E-state index in [2.05, 4.69) is 10.5 Å². The summed E-state index contributed by atoms with van der Waals surface area (Å²) in [7, 11) is 0. The van der Waals surface area contributed by atoms with Crippen LogP contribution in [-0.4, -0.2) is 23.5 Å². The molecule has 0 aliphatic rings. The predicted molar refractivity (Wildman–Crippen MR) is 129 cm³/mol. The number of primary amides is 1. The van der Waals surface area contributed by atoms with Gasteiger partial charge in [0.1, 0.15) is 23.9 Å². The molecule has 4 aromatic rings. The first-order valence-corrected chi connectivity index (χ1v) is 11.2. The Morgan fingerprint density at radius 2 is 1.77 bits per heavy atom. The van der Waals surface area contributed by atoms with Gasteiger partial charge >= 0.3 is 0 Å². The predicted octanol–water partition coefficient (Wildman–Crippen LogP) is 4.24. The normalized spacial score (nSPS) is 11.9. The van der Waals surface area contributed by atoms with E-state index in [4.69, 9.17) is 15.0 Å². The topological polar surface area (TPSA) is 107 Å². The van der Waals surface area contributed by atoms with E-state index in [9.17, 15) is 14.0 Å². The Kier molecular flexibility index (Phi) is 7.10. The van der Waals surface area contributed by atoms with Gasteiger partial charge in [0.2, 0.25) is 5.91 Å². The molecule has 1 atom stereocenters. The summed E-state index contributed by atoms with van der Waals surface area (Å²) < 4.78 is 24.4. The van der Waals surface area contributed by atoms with Gasteiger partial charge in [-0.1, -0.05) is 41.6 Å². The van der Waals surface area contributed by atoms with Crippen LogP contribution in [0.2, 0.25) is 0 Å². The van der Waals surface area contributed by atoms with Crippen molar-refractivity contribution in [3.63, 3.8) is 0 Å². The lowest BCUT2D eigenvalue weighted by atomic mass is 9.98. The van der Waals surface area contributed by atoms with Crippen LogP contribution in [0.4, 0.5) is 4.39 Å². The fourth-order valence-electron chi connectivity index (χ4n) is 3.86. The number of amides is 2. The van der Waals surface area contributed by atoms with Crippen LogP contribution in [0.15, 0.2) is 65.2 Å². The van der Waals surface area contributed by atoms with Crippen molar-refractivity contribution in [2.75, 3.05) is 6.54 Å². The third-order valence-corrected chi connectivity index (χ3v) is 5.95. The number of hydrogen-bond acceptors (Lipinski definition) is 5. The van der Waals surface area contributed by atoms with Crippen LogP contribution >= 0.6 is 0 Å². The van der Waals surface area contributed by atoms with Crippen LogP contribution in [0.25, 0.3) is 10.8 Å². The fraction of sp³-hybridized carbons (Fsp3) is 0.222. The minimum atomic E-state index is -0.656. The molecule has 1 heterocycles. The molecule has 180 valence electrons. The number of aromatic nitrogens is 1. The summed E-state index contributed by atoms with van der Waals surface area (Å²) in [5.74, 6) is -0.915. The lowest BCUT2D eigenvalue weighted by Crippen LogP contribution is -2.37. The van der Waals surface area contributed by atoms with Gasteiger partial charge in [0, 0.05) is 6.54 Å². The molecule has 35 heavy (non-hydrogen) atoms. The van der Waals surface area contributed by atoms with Gasteiger partial charge in [0.05, 0.1) is 22.7 Å². The van der Waals surface area contributed by atoms with Crippen LogP contribution in [0.3, 0.4) is 0 Å².